The Hall–Kier alpha value is -0.146. The molecule has 70 valence electrons. The van der Waals surface area contributed by atoms with Crippen LogP contribution in [0.1, 0.15) is 13.8 Å². The van der Waals surface area contributed by atoms with Crippen molar-refractivity contribution in [1.29, 1.82) is 0 Å². The molecule has 0 radical (unpaired) electrons. The molecule has 0 saturated carbocycles. The maximum atomic E-state index is 13.3. The highest BCUT2D eigenvalue weighted by Crippen LogP contribution is 2.12. The molecule has 0 aromatic rings. The molecule has 0 nitrogen and oxygen atoms in total. The Balaban J connectivity index is 4.39. The van der Waals surface area contributed by atoms with E-state index in [2.05, 4.69) is 11.1 Å². The highest BCUT2D eigenvalue weighted by molar-refractivity contribution is 6.85. The molecule has 2 unspecified atom stereocenters. The van der Waals surface area contributed by atoms with Gasteiger partial charge in [0.15, 0.2) is 0 Å². The molecule has 4 heteroatoms. The molecular formula is C8H16F2Si2. The van der Waals surface area contributed by atoms with Gasteiger partial charge in [-0.15, -0.1) is 0 Å². The van der Waals surface area contributed by atoms with Gasteiger partial charge in [0.25, 0.3) is 0 Å². The van der Waals surface area contributed by atoms with Crippen molar-refractivity contribution in [1.82, 2.24) is 0 Å². The van der Waals surface area contributed by atoms with Gasteiger partial charge in [-0.2, -0.15) is 0 Å². The second-order valence-corrected chi connectivity index (χ2v) is 10.1. The molecule has 0 heterocycles. The Morgan fingerprint density at radius 3 is 1.33 bits per heavy atom. The van der Waals surface area contributed by atoms with E-state index in [0.717, 1.165) is 0 Å². The van der Waals surface area contributed by atoms with E-state index in [4.69, 9.17) is 0 Å². The zero-order valence-electron chi connectivity index (χ0n) is 8.17. The monoisotopic (exact) mass is 206 g/mol. The first-order valence-corrected chi connectivity index (χ1v) is 9.42. The third-order valence-electron chi connectivity index (χ3n) is 1.91. The van der Waals surface area contributed by atoms with Crippen LogP contribution in [-0.4, -0.2) is 16.8 Å². The predicted octanol–water partition coefficient (Wildman–Crippen LogP) is 3.20. The molecule has 2 atom stereocenters. The first-order valence-electron chi connectivity index (χ1n) is 4.25. The van der Waals surface area contributed by atoms with Crippen molar-refractivity contribution in [2.75, 3.05) is 0 Å². The molecule has 0 rings (SSSR count). The van der Waals surface area contributed by atoms with Gasteiger partial charge in [0.05, 0.1) is 0 Å². The lowest BCUT2D eigenvalue weighted by Crippen LogP contribution is -2.25. The van der Waals surface area contributed by atoms with E-state index in [9.17, 15) is 8.22 Å². The van der Waals surface area contributed by atoms with Crippen molar-refractivity contribution in [3.63, 3.8) is 0 Å². The van der Waals surface area contributed by atoms with E-state index in [1.54, 1.807) is 13.8 Å². The topological polar surface area (TPSA) is 0 Å². The summed E-state index contributed by atoms with van der Waals surface area (Å²) in [6.45, 7) is 6.59. The fraction of sp³-hybridized carbons (Fsp3) is 0.750. The van der Waals surface area contributed by atoms with Gasteiger partial charge in [-0.05, 0) is 25.2 Å². The van der Waals surface area contributed by atoms with Crippen molar-refractivity contribution >= 4 is 16.8 Å². The average Bonchev–Trinajstić information content (AvgIpc) is 2.02. The fourth-order valence-electron chi connectivity index (χ4n) is 0.437. The molecular weight excluding hydrogens is 190 g/mol. The minimum atomic E-state index is -2.87. The standard InChI is InChI=1S/C8H16F2Si2/c1-5-11(3,9)7-8-12(4,10)6-2/h5-6H2,1-4H3. The number of hydrogen-bond donors (Lipinski definition) is 0. The maximum Gasteiger partial charge on any atom is 0.318 e. The minimum absolute atomic E-state index is 0.453. The third kappa shape index (κ3) is 4.68. The normalized spacial score (nSPS) is 20.2. The summed E-state index contributed by atoms with van der Waals surface area (Å²) in [6.07, 6.45) is 0. The second kappa shape index (κ2) is 4.19. The molecule has 0 amide bonds. The lowest BCUT2D eigenvalue weighted by Gasteiger charge is -2.08. The summed E-state index contributed by atoms with van der Waals surface area (Å²) in [6, 6.07) is 0.905. The smallest absolute Gasteiger partial charge is 0.298 e. The van der Waals surface area contributed by atoms with E-state index in [0.29, 0.717) is 12.1 Å². The molecule has 0 saturated heterocycles. The molecule has 0 aromatic carbocycles. The van der Waals surface area contributed by atoms with Gasteiger partial charge in [-0.25, -0.2) is 0 Å². The Morgan fingerprint density at radius 2 is 1.17 bits per heavy atom. The van der Waals surface area contributed by atoms with Crippen molar-refractivity contribution in [2.45, 2.75) is 39.0 Å². The van der Waals surface area contributed by atoms with Crippen LogP contribution in [0.5, 0.6) is 0 Å². The molecule has 0 bridgehead atoms. The molecule has 0 aromatic heterocycles. The van der Waals surface area contributed by atoms with Gasteiger partial charge in [-0.3, -0.25) is 8.22 Å². The Bertz CT molecular complexity index is 181. The number of rotatable bonds is 2. The second-order valence-electron chi connectivity index (χ2n) is 3.35. The van der Waals surface area contributed by atoms with Crippen LogP contribution in [0.2, 0.25) is 25.2 Å². The highest BCUT2D eigenvalue weighted by Gasteiger charge is 2.26. The van der Waals surface area contributed by atoms with E-state index >= 15 is 0 Å². The summed E-state index contributed by atoms with van der Waals surface area (Å²) < 4.78 is 26.6. The zero-order valence-corrected chi connectivity index (χ0v) is 10.2. The SMILES string of the molecule is CC[Si](C)(F)C#C[Si](C)(F)CC. The average molecular weight is 206 g/mol. The number of hydrogen-bond acceptors (Lipinski definition) is 0. The van der Waals surface area contributed by atoms with Crippen molar-refractivity contribution in [3.05, 3.63) is 0 Å². The molecule has 0 spiro atoms. The summed E-state index contributed by atoms with van der Waals surface area (Å²) >= 11 is 0. The van der Waals surface area contributed by atoms with Gasteiger partial charge in [0.1, 0.15) is 0 Å². The number of halogens is 2. The van der Waals surface area contributed by atoms with Crippen LogP contribution in [-0.2, 0) is 0 Å². The summed E-state index contributed by atoms with van der Waals surface area (Å²) in [5.41, 5.74) is 5.02. The van der Waals surface area contributed by atoms with Crippen molar-refractivity contribution < 1.29 is 8.22 Å². The maximum absolute atomic E-state index is 13.3. The Labute approximate surface area is 75.7 Å². The highest BCUT2D eigenvalue weighted by atomic mass is 28.4. The van der Waals surface area contributed by atoms with Crippen molar-refractivity contribution in [3.8, 4) is 11.1 Å². The van der Waals surface area contributed by atoms with Crippen molar-refractivity contribution in [2.24, 2.45) is 0 Å². The van der Waals surface area contributed by atoms with Crippen LogP contribution < -0.4 is 0 Å². The van der Waals surface area contributed by atoms with Crippen LogP contribution >= 0.6 is 0 Å². The van der Waals surface area contributed by atoms with E-state index in [1.165, 1.54) is 13.1 Å². The molecule has 0 aliphatic heterocycles. The molecule has 0 N–H and O–H groups in total. The fourth-order valence-corrected chi connectivity index (χ4v) is 2.88. The van der Waals surface area contributed by atoms with Crippen LogP contribution in [0.3, 0.4) is 0 Å². The van der Waals surface area contributed by atoms with Crippen LogP contribution in [0, 0.1) is 11.1 Å². The van der Waals surface area contributed by atoms with Gasteiger partial charge in [0.2, 0.25) is 0 Å². The Kier molecular flexibility index (Phi) is 4.14. The summed E-state index contributed by atoms with van der Waals surface area (Å²) in [5.74, 6) is 0. The summed E-state index contributed by atoms with van der Waals surface area (Å²) in [4.78, 5) is 0. The quantitative estimate of drug-likeness (QED) is 0.370. The third-order valence-corrected chi connectivity index (χ3v) is 6.11. The van der Waals surface area contributed by atoms with Gasteiger partial charge < -0.3 is 0 Å². The lowest BCUT2D eigenvalue weighted by molar-refractivity contribution is 0.801. The van der Waals surface area contributed by atoms with Gasteiger partial charge >= 0.3 is 16.8 Å². The van der Waals surface area contributed by atoms with E-state index < -0.39 is 16.8 Å². The first-order chi connectivity index (χ1) is 5.33. The van der Waals surface area contributed by atoms with Crippen LogP contribution in [0.4, 0.5) is 8.22 Å². The summed E-state index contributed by atoms with van der Waals surface area (Å²) in [7, 11) is -5.74. The predicted molar refractivity (Wildman–Crippen MR) is 54.2 cm³/mol. The van der Waals surface area contributed by atoms with Crippen LogP contribution in [0.15, 0.2) is 0 Å². The molecule has 0 aliphatic carbocycles. The minimum Gasteiger partial charge on any atom is -0.298 e. The molecule has 12 heavy (non-hydrogen) atoms. The zero-order chi connectivity index (χ0) is 9.83. The Morgan fingerprint density at radius 1 is 0.917 bits per heavy atom. The lowest BCUT2D eigenvalue weighted by atomic mass is 11.0. The van der Waals surface area contributed by atoms with Gasteiger partial charge in [0, 0.05) is 0 Å². The van der Waals surface area contributed by atoms with Crippen LogP contribution in [0.25, 0.3) is 0 Å². The first kappa shape index (κ1) is 11.9. The largest absolute Gasteiger partial charge is 0.318 e. The molecule has 0 aliphatic rings. The van der Waals surface area contributed by atoms with E-state index in [1.807, 2.05) is 0 Å². The van der Waals surface area contributed by atoms with Gasteiger partial charge in [-0.1, -0.05) is 24.9 Å². The van der Waals surface area contributed by atoms with E-state index in [-0.39, 0.29) is 0 Å². The molecule has 0 fully saturated rings. The summed E-state index contributed by atoms with van der Waals surface area (Å²) in [5, 5.41) is 0.